The third-order valence-electron chi connectivity index (χ3n) is 2.84. The fourth-order valence-electron chi connectivity index (χ4n) is 1.73. The zero-order chi connectivity index (χ0) is 10.8. The fraction of sp³-hybridized carbons (Fsp3) is 0.417. The van der Waals surface area contributed by atoms with Gasteiger partial charge in [-0.25, -0.2) is 4.98 Å². The highest BCUT2D eigenvalue weighted by Gasteiger charge is 2.20. The standard InChI is InChI=1S/C12H15N3S/c1-2-11(16-5-1)10-7-14-12(15-10)8-13-6-9-3-4-9/h1-2,5,7,9,13H,3-4,6,8H2,(H,14,15). The van der Waals surface area contributed by atoms with E-state index in [1.807, 2.05) is 6.20 Å². The Balaban J connectivity index is 1.59. The van der Waals surface area contributed by atoms with Crippen LogP contribution >= 0.6 is 11.3 Å². The van der Waals surface area contributed by atoms with Crippen molar-refractivity contribution in [1.82, 2.24) is 15.3 Å². The van der Waals surface area contributed by atoms with Gasteiger partial charge in [0.15, 0.2) is 0 Å². The quantitative estimate of drug-likeness (QED) is 0.833. The molecule has 16 heavy (non-hydrogen) atoms. The molecule has 3 rings (SSSR count). The molecule has 2 aromatic rings. The molecular formula is C12H15N3S. The van der Waals surface area contributed by atoms with Crippen molar-refractivity contribution < 1.29 is 0 Å². The maximum absolute atomic E-state index is 4.38. The van der Waals surface area contributed by atoms with E-state index in [9.17, 15) is 0 Å². The van der Waals surface area contributed by atoms with E-state index in [-0.39, 0.29) is 0 Å². The first-order valence-electron chi connectivity index (χ1n) is 5.70. The zero-order valence-corrected chi connectivity index (χ0v) is 9.89. The number of aromatic nitrogens is 2. The molecule has 0 atom stereocenters. The number of hydrogen-bond donors (Lipinski definition) is 2. The van der Waals surface area contributed by atoms with Crippen molar-refractivity contribution in [3.05, 3.63) is 29.5 Å². The highest BCUT2D eigenvalue weighted by Crippen LogP contribution is 2.27. The Morgan fingerprint density at radius 3 is 3.19 bits per heavy atom. The van der Waals surface area contributed by atoms with Crippen LogP contribution in [0.1, 0.15) is 18.7 Å². The molecule has 0 aliphatic heterocycles. The number of aromatic amines is 1. The van der Waals surface area contributed by atoms with Gasteiger partial charge in [-0.05, 0) is 36.8 Å². The van der Waals surface area contributed by atoms with Crippen LogP contribution in [-0.2, 0) is 6.54 Å². The molecule has 0 spiro atoms. The number of hydrogen-bond acceptors (Lipinski definition) is 3. The van der Waals surface area contributed by atoms with E-state index < -0.39 is 0 Å². The lowest BCUT2D eigenvalue weighted by molar-refractivity contribution is 0.623. The van der Waals surface area contributed by atoms with Crippen molar-refractivity contribution in [1.29, 1.82) is 0 Å². The van der Waals surface area contributed by atoms with Crippen LogP contribution in [0.3, 0.4) is 0 Å². The number of imidazole rings is 1. The van der Waals surface area contributed by atoms with E-state index in [0.29, 0.717) is 0 Å². The molecule has 1 aliphatic carbocycles. The minimum absolute atomic E-state index is 0.849. The molecule has 0 radical (unpaired) electrons. The average Bonchev–Trinajstić information content (AvgIpc) is 2.83. The predicted octanol–water partition coefficient (Wildman–Crippen LogP) is 2.64. The molecule has 2 heterocycles. The Labute approximate surface area is 98.9 Å². The molecule has 84 valence electrons. The highest BCUT2D eigenvalue weighted by atomic mass is 32.1. The van der Waals surface area contributed by atoms with Crippen LogP contribution in [0.15, 0.2) is 23.7 Å². The lowest BCUT2D eigenvalue weighted by atomic mass is 10.4. The van der Waals surface area contributed by atoms with Gasteiger partial charge in [0.1, 0.15) is 5.82 Å². The van der Waals surface area contributed by atoms with Gasteiger partial charge in [0.05, 0.1) is 23.3 Å². The first-order chi connectivity index (χ1) is 7.92. The van der Waals surface area contributed by atoms with Gasteiger partial charge < -0.3 is 10.3 Å². The van der Waals surface area contributed by atoms with Crippen LogP contribution in [0.25, 0.3) is 10.6 Å². The van der Waals surface area contributed by atoms with Gasteiger partial charge in [-0.2, -0.15) is 0 Å². The Hall–Kier alpha value is -1.13. The summed E-state index contributed by atoms with van der Waals surface area (Å²) in [5.41, 5.74) is 1.12. The molecule has 1 aliphatic rings. The number of H-pyrrole nitrogens is 1. The van der Waals surface area contributed by atoms with Gasteiger partial charge in [-0.1, -0.05) is 6.07 Å². The van der Waals surface area contributed by atoms with E-state index in [1.165, 1.54) is 17.7 Å². The molecule has 1 fully saturated rings. The Kier molecular flexibility index (Phi) is 2.76. The predicted molar refractivity (Wildman–Crippen MR) is 66.3 cm³/mol. The first-order valence-corrected chi connectivity index (χ1v) is 6.58. The first kappa shape index (κ1) is 10.1. The lowest BCUT2D eigenvalue weighted by Gasteiger charge is -1.99. The van der Waals surface area contributed by atoms with E-state index in [1.54, 1.807) is 11.3 Å². The molecule has 0 saturated heterocycles. The zero-order valence-electron chi connectivity index (χ0n) is 9.07. The summed E-state index contributed by atoms with van der Waals surface area (Å²) in [6.07, 6.45) is 4.71. The molecule has 4 heteroatoms. The summed E-state index contributed by atoms with van der Waals surface area (Å²) in [5, 5.41) is 5.52. The maximum Gasteiger partial charge on any atom is 0.120 e. The second kappa shape index (κ2) is 4.39. The second-order valence-corrected chi connectivity index (χ2v) is 5.24. The minimum Gasteiger partial charge on any atom is -0.340 e. The normalized spacial score (nSPS) is 15.5. The minimum atomic E-state index is 0.849. The van der Waals surface area contributed by atoms with Gasteiger partial charge in [0.25, 0.3) is 0 Å². The summed E-state index contributed by atoms with van der Waals surface area (Å²) in [6, 6.07) is 4.17. The SMILES string of the molecule is c1csc(-c2cnc(CNCC3CC3)[nH]2)c1. The van der Waals surface area contributed by atoms with Crippen LogP contribution in [0.5, 0.6) is 0 Å². The fourth-order valence-corrected chi connectivity index (χ4v) is 2.42. The molecule has 0 bridgehead atoms. The van der Waals surface area contributed by atoms with Crippen molar-refractivity contribution in [3.8, 4) is 10.6 Å². The summed E-state index contributed by atoms with van der Waals surface area (Å²) >= 11 is 1.74. The number of rotatable bonds is 5. The van der Waals surface area contributed by atoms with E-state index in [0.717, 1.165) is 30.5 Å². The summed E-state index contributed by atoms with van der Waals surface area (Å²) < 4.78 is 0. The summed E-state index contributed by atoms with van der Waals surface area (Å²) in [5.74, 6) is 1.95. The smallest absolute Gasteiger partial charge is 0.120 e. The van der Waals surface area contributed by atoms with Crippen LogP contribution in [0, 0.1) is 5.92 Å². The van der Waals surface area contributed by atoms with Crippen molar-refractivity contribution in [2.45, 2.75) is 19.4 Å². The average molecular weight is 233 g/mol. The lowest BCUT2D eigenvalue weighted by Crippen LogP contribution is -2.16. The molecule has 0 unspecified atom stereocenters. The van der Waals surface area contributed by atoms with Gasteiger partial charge in [-0.15, -0.1) is 11.3 Å². The Morgan fingerprint density at radius 2 is 2.44 bits per heavy atom. The molecule has 0 amide bonds. The largest absolute Gasteiger partial charge is 0.340 e. The van der Waals surface area contributed by atoms with E-state index >= 15 is 0 Å². The summed E-state index contributed by atoms with van der Waals surface area (Å²) in [4.78, 5) is 8.98. The van der Waals surface area contributed by atoms with Gasteiger partial charge in [0.2, 0.25) is 0 Å². The number of nitrogens with one attached hydrogen (secondary N) is 2. The van der Waals surface area contributed by atoms with Crippen LogP contribution in [0.4, 0.5) is 0 Å². The molecule has 0 aromatic carbocycles. The number of thiophene rings is 1. The van der Waals surface area contributed by atoms with Crippen LogP contribution in [0.2, 0.25) is 0 Å². The Bertz CT molecular complexity index is 443. The van der Waals surface area contributed by atoms with Crippen molar-refractivity contribution >= 4 is 11.3 Å². The van der Waals surface area contributed by atoms with Gasteiger partial charge >= 0.3 is 0 Å². The Morgan fingerprint density at radius 1 is 1.50 bits per heavy atom. The molecule has 2 aromatic heterocycles. The highest BCUT2D eigenvalue weighted by molar-refractivity contribution is 7.13. The molecule has 3 nitrogen and oxygen atoms in total. The molecular weight excluding hydrogens is 218 g/mol. The monoisotopic (exact) mass is 233 g/mol. The van der Waals surface area contributed by atoms with Crippen molar-refractivity contribution in [2.75, 3.05) is 6.54 Å². The van der Waals surface area contributed by atoms with Crippen molar-refractivity contribution in [2.24, 2.45) is 5.92 Å². The summed E-state index contributed by atoms with van der Waals surface area (Å²) in [6.45, 7) is 1.98. The van der Waals surface area contributed by atoms with Gasteiger partial charge in [0, 0.05) is 0 Å². The van der Waals surface area contributed by atoms with E-state index in [2.05, 4.69) is 32.8 Å². The third-order valence-corrected chi connectivity index (χ3v) is 3.74. The third kappa shape index (κ3) is 2.33. The van der Waals surface area contributed by atoms with Crippen LogP contribution in [-0.4, -0.2) is 16.5 Å². The van der Waals surface area contributed by atoms with Crippen LogP contribution < -0.4 is 5.32 Å². The van der Waals surface area contributed by atoms with Gasteiger partial charge in [-0.3, -0.25) is 0 Å². The number of nitrogens with zero attached hydrogens (tertiary/aromatic N) is 1. The second-order valence-electron chi connectivity index (χ2n) is 4.30. The maximum atomic E-state index is 4.38. The topological polar surface area (TPSA) is 40.7 Å². The summed E-state index contributed by atoms with van der Waals surface area (Å²) in [7, 11) is 0. The van der Waals surface area contributed by atoms with E-state index in [4.69, 9.17) is 0 Å². The molecule has 2 N–H and O–H groups in total. The molecule has 1 saturated carbocycles. The van der Waals surface area contributed by atoms with Crippen molar-refractivity contribution in [3.63, 3.8) is 0 Å².